The minimum atomic E-state index is -0.485. The topological polar surface area (TPSA) is 68.7 Å². The molecule has 1 aliphatic carbocycles. The number of hydrogen-bond donors (Lipinski definition) is 0. The van der Waals surface area contributed by atoms with Gasteiger partial charge in [0.05, 0.1) is 30.4 Å². The van der Waals surface area contributed by atoms with Gasteiger partial charge in [-0.15, -0.1) is 0 Å². The van der Waals surface area contributed by atoms with Gasteiger partial charge in [-0.25, -0.2) is 4.79 Å². The monoisotopic (exact) mass is 346 g/mol. The number of hydrogen-bond acceptors (Lipinski definition) is 5. The van der Waals surface area contributed by atoms with Crippen LogP contribution in [0.4, 0.5) is 0 Å². The maximum atomic E-state index is 12.9. The summed E-state index contributed by atoms with van der Waals surface area (Å²) >= 11 is 0. The largest absolute Gasteiger partial charge is 0.465 e. The van der Waals surface area contributed by atoms with E-state index in [0.717, 1.165) is 19.3 Å². The third kappa shape index (κ3) is 4.37. The number of rotatable bonds is 6. The summed E-state index contributed by atoms with van der Waals surface area (Å²) in [6.07, 6.45) is 8.73. The lowest BCUT2D eigenvalue weighted by molar-refractivity contribution is -0.0874. The van der Waals surface area contributed by atoms with Crippen molar-refractivity contribution < 1.29 is 19.1 Å². The van der Waals surface area contributed by atoms with Crippen LogP contribution < -0.4 is 0 Å². The van der Waals surface area contributed by atoms with Crippen molar-refractivity contribution in [1.29, 1.82) is 0 Å². The van der Waals surface area contributed by atoms with Crippen LogP contribution in [-0.2, 0) is 9.47 Å². The first-order valence-corrected chi connectivity index (χ1v) is 9.10. The molecule has 0 radical (unpaired) electrons. The van der Waals surface area contributed by atoms with Crippen LogP contribution in [0.5, 0.6) is 0 Å². The zero-order valence-corrected chi connectivity index (χ0v) is 14.9. The van der Waals surface area contributed by atoms with E-state index in [2.05, 4.69) is 11.9 Å². The highest BCUT2D eigenvalue weighted by Gasteiger charge is 2.39. The third-order valence-electron chi connectivity index (χ3n) is 4.91. The molecule has 1 aromatic rings. The molecule has 1 saturated carbocycles. The number of pyridine rings is 1. The zero-order chi connectivity index (χ0) is 17.8. The summed E-state index contributed by atoms with van der Waals surface area (Å²) in [6.45, 7) is 3.38. The quantitative estimate of drug-likeness (QED) is 0.741. The van der Waals surface area contributed by atoms with Gasteiger partial charge < -0.3 is 14.4 Å². The van der Waals surface area contributed by atoms with Crippen LogP contribution in [0.25, 0.3) is 0 Å². The second-order valence-corrected chi connectivity index (χ2v) is 6.94. The molecule has 0 bridgehead atoms. The number of morpholine rings is 1. The van der Waals surface area contributed by atoms with Crippen molar-refractivity contribution in [1.82, 2.24) is 9.88 Å². The van der Waals surface area contributed by atoms with Crippen molar-refractivity contribution in [2.45, 2.75) is 51.2 Å². The Hall–Kier alpha value is -1.95. The molecule has 2 aliphatic rings. The molecule has 0 N–H and O–H groups in total. The Morgan fingerprint density at radius 3 is 2.72 bits per heavy atom. The summed E-state index contributed by atoms with van der Waals surface area (Å²) in [5.41, 5.74) is 0.719. The average molecular weight is 346 g/mol. The third-order valence-corrected chi connectivity index (χ3v) is 4.91. The summed E-state index contributed by atoms with van der Waals surface area (Å²) in [5.74, 6) is 0.00811. The fraction of sp³-hybridized carbons (Fsp3) is 0.632. The van der Waals surface area contributed by atoms with E-state index in [0.29, 0.717) is 30.1 Å². The Morgan fingerprint density at radius 2 is 2.04 bits per heavy atom. The molecule has 2 fully saturated rings. The van der Waals surface area contributed by atoms with E-state index < -0.39 is 5.97 Å². The molecule has 6 heteroatoms. The number of carbonyl (C=O) groups excluding carboxylic acids is 2. The number of methoxy groups -OCH3 is 1. The van der Waals surface area contributed by atoms with E-state index in [9.17, 15) is 9.59 Å². The van der Waals surface area contributed by atoms with Gasteiger partial charge in [-0.05, 0) is 31.2 Å². The van der Waals surface area contributed by atoms with Crippen molar-refractivity contribution in [3.05, 3.63) is 29.6 Å². The van der Waals surface area contributed by atoms with Crippen LogP contribution in [0.1, 0.15) is 59.7 Å². The summed E-state index contributed by atoms with van der Waals surface area (Å²) in [7, 11) is 1.32. The predicted molar refractivity (Wildman–Crippen MR) is 92.4 cm³/mol. The van der Waals surface area contributed by atoms with E-state index in [1.165, 1.54) is 32.3 Å². The lowest BCUT2D eigenvalue weighted by atomic mass is 10.1. The molecule has 1 amide bonds. The number of amides is 1. The van der Waals surface area contributed by atoms with E-state index in [1.54, 1.807) is 6.07 Å². The molecular formula is C19H26N2O4. The molecule has 0 unspecified atom stereocenters. The van der Waals surface area contributed by atoms with Crippen molar-refractivity contribution in [2.24, 2.45) is 5.92 Å². The highest BCUT2D eigenvalue weighted by atomic mass is 16.5. The second kappa shape index (κ2) is 7.95. The van der Waals surface area contributed by atoms with Crippen LogP contribution in [0.15, 0.2) is 18.5 Å². The second-order valence-electron chi connectivity index (χ2n) is 6.94. The van der Waals surface area contributed by atoms with Gasteiger partial charge in [0.15, 0.2) is 0 Å². The predicted octanol–water partition coefficient (Wildman–Crippen LogP) is 2.68. The van der Waals surface area contributed by atoms with E-state index in [4.69, 9.17) is 9.47 Å². The number of esters is 1. The van der Waals surface area contributed by atoms with Crippen molar-refractivity contribution in [2.75, 3.05) is 20.2 Å². The van der Waals surface area contributed by atoms with Gasteiger partial charge in [-0.1, -0.05) is 19.8 Å². The molecule has 1 saturated heterocycles. The summed E-state index contributed by atoms with van der Waals surface area (Å²) < 4.78 is 10.9. The SMILES string of the molecule is CCCC[C@@H]1CN(C(=O)c2cncc(C(=O)OC)c2)C[C@H](C2CC2)O1. The van der Waals surface area contributed by atoms with E-state index in [1.807, 2.05) is 4.90 Å². The molecule has 0 spiro atoms. The number of ether oxygens (including phenoxy) is 2. The van der Waals surface area contributed by atoms with Gasteiger partial charge in [0.25, 0.3) is 5.91 Å². The van der Waals surface area contributed by atoms with Gasteiger partial charge in [0.2, 0.25) is 0 Å². The first-order chi connectivity index (χ1) is 12.1. The fourth-order valence-electron chi connectivity index (χ4n) is 3.32. The van der Waals surface area contributed by atoms with Crippen LogP contribution in [0, 0.1) is 5.92 Å². The van der Waals surface area contributed by atoms with Gasteiger partial charge in [0.1, 0.15) is 0 Å². The molecule has 1 aliphatic heterocycles. The number of unbranched alkanes of at least 4 members (excludes halogenated alkanes) is 1. The van der Waals surface area contributed by atoms with Crippen LogP contribution in [0.3, 0.4) is 0 Å². The molecule has 3 rings (SSSR count). The Morgan fingerprint density at radius 1 is 1.28 bits per heavy atom. The summed E-state index contributed by atoms with van der Waals surface area (Å²) in [6, 6.07) is 1.56. The molecule has 6 nitrogen and oxygen atoms in total. The van der Waals surface area contributed by atoms with Gasteiger partial charge in [-0.2, -0.15) is 0 Å². The Kier molecular flexibility index (Phi) is 5.68. The number of aromatic nitrogens is 1. The van der Waals surface area contributed by atoms with Gasteiger partial charge in [0, 0.05) is 25.5 Å². The van der Waals surface area contributed by atoms with Crippen LogP contribution >= 0.6 is 0 Å². The molecular weight excluding hydrogens is 320 g/mol. The molecule has 25 heavy (non-hydrogen) atoms. The minimum absolute atomic E-state index is 0.0892. The standard InChI is InChI=1S/C19H26N2O4/c1-3-4-5-16-11-21(12-17(25-16)13-6-7-13)18(22)14-8-15(10-20-9-14)19(23)24-2/h8-10,13,16-17H,3-7,11-12H2,1-2H3/t16-,17-/m1/s1. The van der Waals surface area contributed by atoms with Gasteiger partial charge in [-0.3, -0.25) is 9.78 Å². The van der Waals surface area contributed by atoms with Crippen LogP contribution in [-0.4, -0.2) is 54.2 Å². The Balaban J connectivity index is 1.74. The van der Waals surface area contributed by atoms with E-state index in [-0.39, 0.29) is 18.1 Å². The Bertz CT molecular complexity index is 630. The number of nitrogens with zero attached hydrogens (tertiary/aromatic N) is 2. The normalized spacial score (nSPS) is 23.4. The molecule has 1 aromatic heterocycles. The Labute approximate surface area is 148 Å². The molecule has 0 aromatic carbocycles. The van der Waals surface area contributed by atoms with Crippen molar-refractivity contribution in [3.63, 3.8) is 0 Å². The molecule has 2 atom stereocenters. The first kappa shape index (κ1) is 17.9. The summed E-state index contributed by atoms with van der Waals surface area (Å²) in [5, 5.41) is 0. The molecule has 136 valence electrons. The van der Waals surface area contributed by atoms with Crippen molar-refractivity contribution >= 4 is 11.9 Å². The lowest BCUT2D eigenvalue weighted by Crippen LogP contribution is -2.50. The number of carbonyl (C=O) groups is 2. The fourth-order valence-corrected chi connectivity index (χ4v) is 3.32. The van der Waals surface area contributed by atoms with Crippen molar-refractivity contribution in [3.8, 4) is 0 Å². The summed E-state index contributed by atoms with van der Waals surface area (Å²) in [4.78, 5) is 30.5. The highest BCUT2D eigenvalue weighted by Crippen LogP contribution is 2.37. The maximum Gasteiger partial charge on any atom is 0.339 e. The maximum absolute atomic E-state index is 12.9. The van der Waals surface area contributed by atoms with Gasteiger partial charge >= 0.3 is 5.97 Å². The lowest BCUT2D eigenvalue weighted by Gasteiger charge is -2.38. The minimum Gasteiger partial charge on any atom is -0.465 e. The average Bonchev–Trinajstić information content (AvgIpc) is 3.50. The van der Waals surface area contributed by atoms with E-state index >= 15 is 0 Å². The van der Waals surface area contributed by atoms with Crippen LogP contribution in [0.2, 0.25) is 0 Å². The zero-order valence-electron chi connectivity index (χ0n) is 14.9. The highest BCUT2D eigenvalue weighted by molar-refractivity contribution is 5.97. The molecule has 2 heterocycles. The first-order valence-electron chi connectivity index (χ1n) is 9.10. The smallest absolute Gasteiger partial charge is 0.339 e.